The quantitative estimate of drug-likeness (QED) is 0.494. The molecule has 0 radical (unpaired) electrons. The SMILES string of the molecule is C[C@@H]1COCCN1C[C@H]1CN(C(=O)O)[C@H](C)CN1CC(=O)N1CC(C)(CCC#N)c2ccc(Cc3ccc(F)cc3)cc21. The first-order valence-corrected chi connectivity index (χ1v) is 15.2. The van der Waals surface area contributed by atoms with Crippen molar-refractivity contribution < 1.29 is 23.8 Å². The van der Waals surface area contributed by atoms with Gasteiger partial charge < -0.3 is 19.6 Å². The van der Waals surface area contributed by atoms with E-state index >= 15 is 0 Å². The Kier molecular flexibility index (Phi) is 9.35. The van der Waals surface area contributed by atoms with E-state index in [4.69, 9.17) is 4.74 Å². The van der Waals surface area contributed by atoms with Gasteiger partial charge in [-0.05, 0) is 61.6 Å². The maximum atomic E-state index is 14.2. The van der Waals surface area contributed by atoms with Gasteiger partial charge in [-0.1, -0.05) is 31.2 Å². The van der Waals surface area contributed by atoms with Gasteiger partial charge in [0.1, 0.15) is 5.82 Å². The van der Waals surface area contributed by atoms with E-state index in [0.717, 1.165) is 28.9 Å². The minimum Gasteiger partial charge on any atom is -0.465 e. The number of nitriles is 1. The third kappa shape index (κ3) is 6.85. The highest BCUT2D eigenvalue weighted by atomic mass is 19.1. The summed E-state index contributed by atoms with van der Waals surface area (Å²) in [6.07, 6.45) is 0.709. The van der Waals surface area contributed by atoms with Gasteiger partial charge >= 0.3 is 6.09 Å². The second kappa shape index (κ2) is 13.0. The number of carbonyl (C=O) groups excluding carboxylic acids is 1. The fourth-order valence-electron chi connectivity index (χ4n) is 6.85. The Balaban J connectivity index is 1.40. The van der Waals surface area contributed by atoms with Gasteiger partial charge in [0.05, 0.1) is 25.8 Å². The number of hydrogen-bond acceptors (Lipinski definition) is 6. The maximum absolute atomic E-state index is 14.2. The number of piperazine rings is 1. The standard InChI is InChI=1S/C33H42FN5O4/c1-23-17-37(28(19-38(23)32(41)42)18-36-13-14-43-21-24(36)2)20-31(40)39-22-33(3,11-4-12-35)29-10-7-26(16-30(29)39)15-25-5-8-27(34)9-6-25/h5-10,16,23-24,28H,4,11,13-15,17-22H2,1-3H3,(H,41,42)/t23-,24-,28+,33?/m1/s1. The summed E-state index contributed by atoms with van der Waals surface area (Å²) in [6, 6.07) is 14.8. The molecular formula is C33H42FN5O4. The number of halogens is 1. The molecule has 43 heavy (non-hydrogen) atoms. The highest BCUT2D eigenvalue weighted by molar-refractivity contribution is 5.97. The van der Waals surface area contributed by atoms with Crippen LogP contribution < -0.4 is 4.90 Å². The van der Waals surface area contributed by atoms with Gasteiger partial charge in [-0.3, -0.25) is 14.6 Å². The molecule has 3 heterocycles. The number of fused-ring (bicyclic) bond motifs is 1. The molecule has 2 fully saturated rings. The zero-order valence-electron chi connectivity index (χ0n) is 25.3. The highest BCUT2D eigenvalue weighted by Crippen LogP contribution is 2.44. The van der Waals surface area contributed by atoms with E-state index in [1.165, 1.54) is 17.0 Å². The number of carboxylic acid groups (broad SMARTS) is 1. The summed E-state index contributed by atoms with van der Waals surface area (Å²) in [4.78, 5) is 34.1. The second-order valence-electron chi connectivity index (χ2n) is 12.6. The molecule has 10 heteroatoms. The molecule has 2 aromatic rings. The normalized spacial score (nSPS) is 26.3. The number of morpholine rings is 1. The van der Waals surface area contributed by atoms with Gasteiger partial charge in [-0.2, -0.15) is 5.26 Å². The van der Waals surface area contributed by atoms with Gasteiger partial charge in [0.15, 0.2) is 0 Å². The lowest BCUT2D eigenvalue weighted by Gasteiger charge is -2.47. The van der Waals surface area contributed by atoms with Crippen molar-refractivity contribution in [2.75, 3.05) is 57.4 Å². The molecular weight excluding hydrogens is 549 g/mol. The third-order valence-electron chi connectivity index (χ3n) is 9.41. The molecule has 2 aromatic carbocycles. The van der Waals surface area contributed by atoms with Crippen molar-refractivity contribution in [1.29, 1.82) is 5.26 Å². The molecule has 1 unspecified atom stereocenters. The molecule has 0 saturated carbocycles. The van der Waals surface area contributed by atoms with Gasteiger partial charge in [-0.25, -0.2) is 9.18 Å². The molecule has 3 aliphatic heterocycles. The molecule has 2 amide bonds. The van der Waals surface area contributed by atoms with Crippen LogP contribution in [0.3, 0.4) is 0 Å². The Morgan fingerprint density at radius 3 is 2.53 bits per heavy atom. The van der Waals surface area contributed by atoms with Crippen LogP contribution in [0.15, 0.2) is 42.5 Å². The summed E-state index contributed by atoms with van der Waals surface area (Å²) >= 11 is 0. The fraction of sp³-hybridized carbons (Fsp3) is 0.545. The van der Waals surface area contributed by atoms with Crippen LogP contribution in [0.4, 0.5) is 14.9 Å². The predicted octanol–water partition coefficient (Wildman–Crippen LogP) is 4.10. The van der Waals surface area contributed by atoms with E-state index < -0.39 is 6.09 Å². The van der Waals surface area contributed by atoms with Gasteiger partial charge in [0.25, 0.3) is 0 Å². The molecule has 3 aliphatic rings. The number of nitrogens with zero attached hydrogens (tertiary/aromatic N) is 5. The van der Waals surface area contributed by atoms with E-state index in [9.17, 15) is 24.3 Å². The van der Waals surface area contributed by atoms with Gasteiger partial charge in [0, 0.05) is 68.4 Å². The summed E-state index contributed by atoms with van der Waals surface area (Å²) in [5, 5.41) is 19.2. The number of hydrogen-bond donors (Lipinski definition) is 1. The minimum absolute atomic E-state index is 0.0307. The molecule has 0 aliphatic carbocycles. The predicted molar refractivity (Wildman–Crippen MR) is 162 cm³/mol. The van der Waals surface area contributed by atoms with E-state index in [-0.39, 0.29) is 41.8 Å². The number of anilines is 1. The van der Waals surface area contributed by atoms with E-state index in [2.05, 4.69) is 47.9 Å². The highest BCUT2D eigenvalue weighted by Gasteiger charge is 2.43. The van der Waals surface area contributed by atoms with E-state index in [1.807, 2.05) is 11.8 Å². The van der Waals surface area contributed by atoms with Crippen LogP contribution in [0.2, 0.25) is 0 Å². The Morgan fingerprint density at radius 1 is 1.09 bits per heavy atom. The average molecular weight is 592 g/mol. The Hall–Kier alpha value is -3.52. The number of rotatable bonds is 8. The maximum Gasteiger partial charge on any atom is 0.407 e. The molecule has 0 aromatic heterocycles. The topological polar surface area (TPSA) is 100 Å². The van der Waals surface area contributed by atoms with Crippen molar-refractivity contribution in [3.05, 3.63) is 65.0 Å². The monoisotopic (exact) mass is 591 g/mol. The van der Waals surface area contributed by atoms with Crippen molar-refractivity contribution in [2.45, 2.75) is 63.6 Å². The lowest BCUT2D eigenvalue weighted by Crippen LogP contribution is -2.64. The Labute approximate surface area is 253 Å². The molecule has 9 nitrogen and oxygen atoms in total. The van der Waals surface area contributed by atoms with Crippen LogP contribution in [0.25, 0.3) is 0 Å². The van der Waals surface area contributed by atoms with E-state index in [0.29, 0.717) is 58.7 Å². The second-order valence-corrected chi connectivity index (χ2v) is 12.6. The van der Waals surface area contributed by atoms with Crippen LogP contribution >= 0.6 is 0 Å². The molecule has 1 N–H and O–H groups in total. The first-order chi connectivity index (χ1) is 20.6. The van der Waals surface area contributed by atoms with Crippen molar-refractivity contribution in [2.24, 2.45) is 0 Å². The first-order valence-electron chi connectivity index (χ1n) is 15.2. The van der Waals surface area contributed by atoms with Crippen LogP contribution in [-0.4, -0.2) is 102 Å². The third-order valence-corrected chi connectivity index (χ3v) is 9.41. The summed E-state index contributed by atoms with van der Waals surface area (Å²) in [5.74, 6) is -0.306. The van der Waals surface area contributed by atoms with Crippen molar-refractivity contribution in [3.8, 4) is 6.07 Å². The lowest BCUT2D eigenvalue weighted by molar-refractivity contribution is -0.121. The number of benzene rings is 2. The molecule has 2 saturated heterocycles. The van der Waals surface area contributed by atoms with E-state index in [1.54, 1.807) is 12.1 Å². The minimum atomic E-state index is -0.936. The Bertz CT molecular complexity index is 1360. The summed E-state index contributed by atoms with van der Waals surface area (Å²) in [7, 11) is 0. The van der Waals surface area contributed by atoms with Crippen LogP contribution in [0.5, 0.6) is 0 Å². The molecule has 230 valence electrons. The molecule has 4 atom stereocenters. The average Bonchev–Trinajstić information content (AvgIpc) is 3.27. The van der Waals surface area contributed by atoms with Gasteiger partial charge in [0.2, 0.25) is 5.91 Å². The van der Waals surface area contributed by atoms with Gasteiger partial charge in [-0.15, -0.1) is 0 Å². The van der Waals surface area contributed by atoms with Crippen molar-refractivity contribution in [3.63, 3.8) is 0 Å². The van der Waals surface area contributed by atoms with Crippen molar-refractivity contribution in [1.82, 2.24) is 14.7 Å². The van der Waals surface area contributed by atoms with Crippen LogP contribution in [0, 0.1) is 17.1 Å². The van der Waals surface area contributed by atoms with Crippen molar-refractivity contribution >= 4 is 17.7 Å². The molecule has 0 bridgehead atoms. The largest absolute Gasteiger partial charge is 0.465 e. The number of ether oxygens (including phenoxy) is 1. The Morgan fingerprint density at radius 2 is 1.84 bits per heavy atom. The zero-order valence-corrected chi connectivity index (χ0v) is 25.3. The molecule has 5 rings (SSSR count). The lowest BCUT2D eigenvalue weighted by atomic mass is 9.80. The summed E-state index contributed by atoms with van der Waals surface area (Å²) < 4.78 is 19.1. The smallest absolute Gasteiger partial charge is 0.407 e. The zero-order chi connectivity index (χ0) is 30.7. The first kappa shape index (κ1) is 30.9. The number of amides is 2. The van der Waals surface area contributed by atoms with Crippen LogP contribution in [0.1, 0.15) is 50.3 Å². The van der Waals surface area contributed by atoms with Crippen LogP contribution in [-0.2, 0) is 21.4 Å². The fourth-order valence-corrected chi connectivity index (χ4v) is 6.85. The number of carbonyl (C=O) groups is 2. The summed E-state index contributed by atoms with van der Waals surface area (Å²) in [6.45, 7) is 10.3. The molecule has 0 spiro atoms. The summed E-state index contributed by atoms with van der Waals surface area (Å²) in [5.41, 5.74) is 3.57.